The van der Waals surface area contributed by atoms with Crippen LogP contribution >= 0.6 is 0 Å². The predicted molar refractivity (Wildman–Crippen MR) is 72.6 cm³/mol. The average Bonchev–Trinajstić information content (AvgIpc) is 2.46. The van der Waals surface area contributed by atoms with Crippen molar-refractivity contribution < 1.29 is 14.3 Å². The summed E-state index contributed by atoms with van der Waals surface area (Å²) in [6.45, 7) is -0.302. The molecule has 2 N–H and O–H groups in total. The molecule has 0 aliphatic rings. The van der Waals surface area contributed by atoms with Gasteiger partial charge in [-0.2, -0.15) is 0 Å². The third kappa shape index (κ3) is 3.40. The van der Waals surface area contributed by atoms with Crippen LogP contribution in [0.25, 0.3) is 0 Å². The van der Waals surface area contributed by atoms with E-state index in [1.54, 1.807) is 18.2 Å². The van der Waals surface area contributed by atoms with Gasteiger partial charge < -0.3 is 10.4 Å². The summed E-state index contributed by atoms with van der Waals surface area (Å²) in [4.78, 5) is 15.8. The Morgan fingerprint density at radius 3 is 2.85 bits per heavy atom. The van der Waals surface area contributed by atoms with Gasteiger partial charge in [0.1, 0.15) is 18.2 Å². The van der Waals surface area contributed by atoms with Crippen LogP contribution < -0.4 is 5.32 Å². The topological polar surface area (TPSA) is 62.2 Å². The van der Waals surface area contributed by atoms with Crippen LogP contribution in [0.5, 0.6) is 0 Å². The normalized spacial score (nSPS) is 9.50. The van der Waals surface area contributed by atoms with Gasteiger partial charge in [0.25, 0.3) is 5.91 Å². The van der Waals surface area contributed by atoms with Crippen molar-refractivity contribution in [2.45, 2.75) is 0 Å². The van der Waals surface area contributed by atoms with E-state index in [0.717, 1.165) is 6.07 Å². The zero-order valence-electron chi connectivity index (χ0n) is 10.4. The molecule has 0 aliphatic heterocycles. The predicted octanol–water partition coefficient (Wildman–Crippen LogP) is 1.82. The highest BCUT2D eigenvalue weighted by Crippen LogP contribution is 2.12. The number of benzene rings is 1. The Morgan fingerprint density at radius 2 is 2.20 bits per heavy atom. The van der Waals surface area contributed by atoms with Crippen LogP contribution in [-0.4, -0.2) is 22.6 Å². The third-order valence-corrected chi connectivity index (χ3v) is 2.43. The Balaban J connectivity index is 2.18. The Morgan fingerprint density at radius 1 is 1.35 bits per heavy atom. The number of hydrogen-bond acceptors (Lipinski definition) is 3. The maximum Gasteiger partial charge on any atom is 0.259 e. The highest BCUT2D eigenvalue weighted by Gasteiger charge is 2.12. The van der Waals surface area contributed by atoms with Crippen molar-refractivity contribution in [1.82, 2.24) is 4.98 Å². The van der Waals surface area contributed by atoms with E-state index in [0.29, 0.717) is 11.4 Å². The molecule has 0 radical (unpaired) electrons. The summed E-state index contributed by atoms with van der Waals surface area (Å²) in [5.74, 6) is 4.07. The molecule has 0 aliphatic carbocycles. The first-order valence-electron chi connectivity index (χ1n) is 5.82. The fraction of sp³-hybridized carbons (Fsp3) is 0.0667. The second-order valence-corrected chi connectivity index (χ2v) is 3.82. The molecule has 0 bridgehead atoms. The quantitative estimate of drug-likeness (QED) is 0.818. The van der Waals surface area contributed by atoms with Gasteiger partial charge in [0.2, 0.25) is 0 Å². The Hall–Kier alpha value is -2.71. The summed E-state index contributed by atoms with van der Waals surface area (Å²) < 4.78 is 13.8. The standard InChI is InChI=1S/C15H11FN2O2/c16-13-10-11(4-3-9-19)6-7-12(13)15(20)18-14-5-1-2-8-17-14/h1-2,5-8,10,19H,9H2,(H,17,18,20). The molecule has 1 aromatic carbocycles. The van der Waals surface area contributed by atoms with Gasteiger partial charge >= 0.3 is 0 Å². The number of carbonyl (C=O) groups is 1. The molecule has 2 aromatic rings. The smallest absolute Gasteiger partial charge is 0.259 e. The highest BCUT2D eigenvalue weighted by molar-refractivity contribution is 6.04. The fourth-order valence-corrected chi connectivity index (χ4v) is 1.54. The number of nitrogens with one attached hydrogen (secondary N) is 1. The first-order chi connectivity index (χ1) is 9.70. The molecule has 0 saturated carbocycles. The van der Waals surface area contributed by atoms with Gasteiger partial charge in [0, 0.05) is 11.8 Å². The molecular weight excluding hydrogens is 259 g/mol. The fourth-order valence-electron chi connectivity index (χ4n) is 1.54. The van der Waals surface area contributed by atoms with Crippen molar-refractivity contribution in [3.05, 3.63) is 59.5 Å². The summed E-state index contributed by atoms with van der Waals surface area (Å²) in [5.41, 5.74) is 0.302. The Labute approximate surface area is 115 Å². The van der Waals surface area contributed by atoms with Gasteiger partial charge in [-0.1, -0.05) is 17.9 Å². The molecule has 2 rings (SSSR count). The van der Waals surface area contributed by atoms with Gasteiger partial charge in [0.15, 0.2) is 0 Å². The van der Waals surface area contributed by atoms with Crippen LogP contribution in [0.2, 0.25) is 0 Å². The first kappa shape index (κ1) is 13.7. The van der Waals surface area contributed by atoms with E-state index in [1.165, 1.54) is 18.3 Å². The lowest BCUT2D eigenvalue weighted by Gasteiger charge is -2.05. The SMILES string of the molecule is O=C(Nc1ccccn1)c1ccc(C#CCO)cc1F. The van der Waals surface area contributed by atoms with Gasteiger partial charge in [-0.25, -0.2) is 9.37 Å². The van der Waals surface area contributed by atoms with Crippen LogP contribution in [-0.2, 0) is 0 Å². The highest BCUT2D eigenvalue weighted by atomic mass is 19.1. The number of carbonyl (C=O) groups excluding carboxylic acids is 1. The Bertz CT molecular complexity index is 675. The van der Waals surface area contributed by atoms with Crippen LogP contribution in [0.15, 0.2) is 42.6 Å². The monoisotopic (exact) mass is 270 g/mol. The zero-order valence-corrected chi connectivity index (χ0v) is 10.4. The van der Waals surface area contributed by atoms with Gasteiger partial charge in [-0.3, -0.25) is 4.79 Å². The van der Waals surface area contributed by atoms with Crippen molar-refractivity contribution in [2.75, 3.05) is 11.9 Å². The number of rotatable bonds is 2. The second kappa shape index (κ2) is 6.45. The summed E-state index contributed by atoms with van der Waals surface area (Å²) in [6.07, 6.45) is 1.53. The number of aliphatic hydroxyl groups is 1. The first-order valence-corrected chi connectivity index (χ1v) is 5.82. The van der Waals surface area contributed by atoms with Crippen LogP contribution in [0.3, 0.4) is 0 Å². The maximum absolute atomic E-state index is 13.8. The zero-order chi connectivity index (χ0) is 14.4. The number of aliphatic hydroxyl groups excluding tert-OH is 1. The van der Waals surface area contributed by atoms with Crippen molar-refractivity contribution in [3.8, 4) is 11.8 Å². The second-order valence-electron chi connectivity index (χ2n) is 3.82. The molecule has 4 nitrogen and oxygen atoms in total. The van der Waals surface area contributed by atoms with Gasteiger partial charge in [-0.15, -0.1) is 0 Å². The van der Waals surface area contributed by atoms with E-state index >= 15 is 0 Å². The van der Waals surface area contributed by atoms with Crippen molar-refractivity contribution in [3.63, 3.8) is 0 Å². The molecular formula is C15H11FN2O2. The van der Waals surface area contributed by atoms with Crippen molar-refractivity contribution in [2.24, 2.45) is 0 Å². The van der Waals surface area contributed by atoms with E-state index in [9.17, 15) is 9.18 Å². The van der Waals surface area contributed by atoms with Crippen molar-refractivity contribution in [1.29, 1.82) is 0 Å². The molecule has 0 spiro atoms. The Kier molecular flexibility index (Phi) is 4.43. The lowest BCUT2D eigenvalue weighted by molar-refractivity contribution is 0.102. The molecule has 5 heteroatoms. The summed E-state index contributed by atoms with van der Waals surface area (Å²) in [7, 11) is 0. The van der Waals surface area contributed by atoms with Crippen molar-refractivity contribution >= 4 is 11.7 Å². The van der Waals surface area contributed by atoms with E-state index in [4.69, 9.17) is 5.11 Å². The number of pyridine rings is 1. The molecule has 1 aromatic heterocycles. The molecule has 0 saturated heterocycles. The average molecular weight is 270 g/mol. The van der Waals surface area contributed by atoms with Gasteiger partial charge in [-0.05, 0) is 30.3 Å². The minimum absolute atomic E-state index is 0.0924. The molecule has 100 valence electrons. The lowest BCUT2D eigenvalue weighted by atomic mass is 10.1. The van der Waals surface area contributed by atoms with Crippen LogP contribution in [0.4, 0.5) is 10.2 Å². The maximum atomic E-state index is 13.8. The minimum atomic E-state index is -0.678. The number of anilines is 1. The molecule has 20 heavy (non-hydrogen) atoms. The van der Waals surface area contributed by atoms with E-state index < -0.39 is 11.7 Å². The third-order valence-electron chi connectivity index (χ3n) is 2.43. The minimum Gasteiger partial charge on any atom is -0.384 e. The van der Waals surface area contributed by atoms with E-state index in [2.05, 4.69) is 22.1 Å². The molecule has 0 atom stereocenters. The molecule has 1 heterocycles. The number of aromatic nitrogens is 1. The molecule has 1 amide bonds. The summed E-state index contributed by atoms with van der Waals surface area (Å²) in [5, 5.41) is 11.1. The number of hydrogen-bond donors (Lipinski definition) is 2. The summed E-state index contributed by atoms with van der Waals surface area (Å²) in [6, 6.07) is 9.04. The van der Waals surface area contributed by atoms with E-state index in [-0.39, 0.29) is 12.2 Å². The number of amides is 1. The molecule has 0 fully saturated rings. The number of nitrogens with zero attached hydrogens (tertiary/aromatic N) is 1. The van der Waals surface area contributed by atoms with Crippen LogP contribution in [0, 0.1) is 17.7 Å². The van der Waals surface area contributed by atoms with Crippen LogP contribution in [0.1, 0.15) is 15.9 Å². The van der Waals surface area contributed by atoms with E-state index in [1.807, 2.05) is 0 Å². The lowest BCUT2D eigenvalue weighted by Crippen LogP contribution is -2.14. The molecule has 0 unspecified atom stereocenters. The number of halogens is 1. The summed E-state index contributed by atoms with van der Waals surface area (Å²) >= 11 is 0. The largest absolute Gasteiger partial charge is 0.384 e. The van der Waals surface area contributed by atoms with Gasteiger partial charge in [0.05, 0.1) is 5.56 Å².